The number of rotatable bonds is 3. The number of nitrogens with zero attached hydrogens (tertiary/aromatic N) is 1. The monoisotopic (exact) mass is 153 g/mol. The molecule has 5 nitrogen and oxygen atoms in total. The summed E-state index contributed by atoms with van der Waals surface area (Å²) in [5, 5.41) is 4.71. The first-order valence-electron chi connectivity index (χ1n) is 2.42. The Kier molecular flexibility index (Phi) is 3.06. The van der Waals surface area contributed by atoms with Crippen molar-refractivity contribution in [2.24, 2.45) is 10.9 Å². The van der Waals surface area contributed by atoms with Crippen molar-refractivity contribution in [1.82, 2.24) is 4.31 Å². The zero-order valence-electron chi connectivity index (χ0n) is 5.24. The van der Waals surface area contributed by atoms with Crippen LogP contribution >= 0.6 is 0 Å². The van der Waals surface area contributed by atoms with Crippen LogP contribution in [0.3, 0.4) is 0 Å². The van der Waals surface area contributed by atoms with Crippen molar-refractivity contribution in [2.45, 2.75) is 0 Å². The lowest BCUT2D eigenvalue weighted by molar-refractivity contribution is 0.478. The largest absolute Gasteiger partial charge is 0.329 e. The molecular weight excluding hydrogens is 142 g/mol. The molecule has 4 N–H and O–H groups in total. The number of hydrogen-bond donors (Lipinski definition) is 2. The standard InChI is InChI=1S/C3H11N3O2S/c1-6(3-2-4)9(5,7)8/h2-4H2,1H3,(H2,5,7,8). The van der Waals surface area contributed by atoms with Gasteiger partial charge in [0.2, 0.25) is 0 Å². The van der Waals surface area contributed by atoms with Crippen LogP contribution in [-0.2, 0) is 10.2 Å². The third kappa shape index (κ3) is 3.41. The van der Waals surface area contributed by atoms with Crippen LogP contribution in [0, 0.1) is 0 Å². The Hall–Kier alpha value is -0.170. The molecule has 0 fully saturated rings. The topological polar surface area (TPSA) is 89.4 Å². The van der Waals surface area contributed by atoms with E-state index in [1.807, 2.05) is 0 Å². The predicted molar refractivity (Wildman–Crippen MR) is 34.8 cm³/mol. The van der Waals surface area contributed by atoms with Crippen molar-refractivity contribution >= 4 is 10.2 Å². The van der Waals surface area contributed by atoms with E-state index in [9.17, 15) is 8.42 Å². The SMILES string of the molecule is CN(CCN)S(N)(=O)=O. The summed E-state index contributed by atoms with van der Waals surface area (Å²) in [6, 6.07) is 0. The summed E-state index contributed by atoms with van der Waals surface area (Å²) < 4.78 is 21.7. The maximum Gasteiger partial charge on any atom is 0.276 e. The van der Waals surface area contributed by atoms with E-state index in [0.717, 1.165) is 4.31 Å². The van der Waals surface area contributed by atoms with E-state index in [2.05, 4.69) is 0 Å². The maximum absolute atomic E-state index is 10.4. The Bertz CT molecular complexity index is 164. The average molecular weight is 153 g/mol. The second-order valence-electron chi connectivity index (χ2n) is 1.66. The molecule has 0 rings (SSSR count). The minimum Gasteiger partial charge on any atom is -0.329 e. The Morgan fingerprint density at radius 3 is 2.11 bits per heavy atom. The number of nitrogens with two attached hydrogens (primary N) is 2. The van der Waals surface area contributed by atoms with Crippen LogP contribution in [0.5, 0.6) is 0 Å². The van der Waals surface area contributed by atoms with Gasteiger partial charge >= 0.3 is 0 Å². The van der Waals surface area contributed by atoms with Crippen LogP contribution in [0.1, 0.15) is 0 Å². The molecular formula is C3H11N3O2S. The predicted octanol–water partition coefficient (Wildman–Crippen LogP) is -1.92. The Morgan fingerprint density at radius 2 is 2.00 bits per heavy atom. The Balaban J connectivity index is 3.90. The van der Waals surface area contributed by atoms with Crippen molar-refractivity contribution in [2.75, 3.05) is 20.1 Å². The summed E-state index contributed by atoms with van der Waals surface area (Å²) in [4.78, 5) is 0. The third-order valence-electron chi connectivity index (χ3n) is 0.878. The van der Waals surface area contributed by atoms with Gasteiger partial charge in [0.25, 0.3) is 10.2 Å². The molecule has 56 valence electrons. The zero-order valence-corrected chi connectivity index (χ0v) is 6.06. The Labute approximate surface area is 54.8 Å². The second kappa shape index (κ2) is 3.11. The van der Waals surface area contributed by atoms with Crippen LogP contribution in [0.25, 0.3) is 0 Å². The van der Waals surface area contributed by atoms with Crippen LogP contribution < -0.4 is 10.9 Å². The quantitative estimate of drug-likeness (QED) is 0.495. The van der Waals surface area contributed by atoms with Gasteiger partial charge in [-0.05, 0) is 0 Å². The first kappa shape index (κ1) is 8.83. The van der Waals surface area contributed by atoms with E-state index in [1.54, 1.807) is 0 Å². The van der Waals surface area contributed by atoms with Gasteiger partial charge in [0.15, 0.2) is 0 Å². The van der Waals surface area contributed by atoms with Crippen LogP contribution in [0.4, 0.5) is 0 Å². The molecule has 0 aliphatic heterocycles. The van der Waals surface area contributed by atoms with Gasteiger partial charge in [0.05, 0.1) is 0 Å². The summed E-state index contributed by atoms with van der Waals surface area (Å²) in [6.07, 6.45) is 0. The molecule has 0 atom stereocenters. The Morgan fingerprint density at radius 1 is 1.56 bits per heavy atom. The molecule has 0 aliphatic carbocycles. The van der Waals surface area contributed by atoms with E-state index >= 15 is 0 Å². The molecule has 0 radical (unpaired) electrons. The molecule has 0 heterocycles. The van der Waals surface area contributed by atoms with Gasteiger partial charge in [-0.3, -0.25) is 0 Å². The van der Waals surface area contributed by atoms with Crippen LogP contribution in [0.15, 0.2) is 0 Å². The van der Waals surface area contributed by atoms with Crippen molar-refractivity contribution < 1.29 is 8.42 Å². The van der Waals surface area contributed by atoms with Crippen molar-refractivity contribution in [3.8, 4) is 0 Å². The van der Waals surface area contributed by atoms with Gasteiger partial charge in [-0.15, -0.1) is 0 Å². The second-order valence-corrected chi connectivity index (χ2v) is 3.31. The molecule has 0 aliphatic rings. The van der Waals surface area contributed by atoms with Crippen molar-refractivity contribution in [3.05, 3.63) is 0 Å². The molecule has 0 saturated carbocycles. The van der Waals surface area contributed by atoms with Crippen molar-refractivity contribution in [3.63, 3.8) is 0 Å². The number of likely N-dealkylation sites (N-methyl/N-ethyl adjacent to an activating group) is 1. The van der Waals surface area contributed by atoms with E-state index in [4.69, 9.17) is 10.9 Å². The molecule has 0 amide bonds. The molecule has 0 aromatic rings. The van der Waals surface area contributed by atoms with Gasteiger partial charge < -0.3 is 5.73 Å². The maximum atomic E-state index is 10.4. The fourth-order valence-electron chi connectivity index (χ4n) is 0.309. The van der Waals surface area contributed by atoms with Gasteiger partial charge in [-0.1, -0.05) is 0 Å². The molecule has 0 bridgehead atoms. The number of hydrogen-bond acceptors (Lipinski definition) is 3. The highest BCUT2D eigenvalue weighted by Gasteiger charge is 2.08. The normalized spacial score (nSPS) is 12.4. The molecule has 0 aromatic carbocycles. The fourth-order valence-corrected chi connectivity index (χ4v) is 0.669. The lowest BCUT2D eigenvalue weighted by Crippen LogP contribution is -2.36. The molecule has 0 saturated heterocycles. The highest BCUT2D eigenvalue weighted by Crippen LogP contribution is 1.84. The molecule has 0 spiro atoms. The third-order valence-corrected chi connectivity index (χ3v) is 1.93. The molecule has 0 unspecified atom stereocenters. The summed E-state index contributed by atoms with van der Waals surface area (Å²) in [5.41, 5.74) is 5.06. The minimum absolute atomic E-state index is 0.263. The van der Waals surface area contributed by atoms with Gasteiger partial charge in [0, 0.05) is 20.1 Å². The van der Waals surface area contributed by atoms with Crippen LogP contribution in [0.2, 0.25) is 0 Å². The average Bonchev–Trinajstić information content (AvgIpc) is 1.64. The highest BCUT2D eigenvalue weighted by molar-refractivity contribution is 7.86. The molecule has 0 aromatic heterocycles. The van der Waals surface area contributed by atoms with E-state index in [0.29, 0.717) is 0 Å². The first-order valence-corrected chi connectivity index (χ1v) is 3.93. The lowest BCUT2D eigenvalue weighted by atomic mass is 10.7. The zero-order chi connectivity index (χ0) is 7.49. The smallest absolute Gasteiger partial charge is 0.276 e. The van der Waals surface area contributed by atoms with Crippen LogP contribution in [-0.4, -0.2) is 32.9 Å². The fraction of sp³-hybridized carbons (Fsp3) is 1.00. The molecule has 6 heteroatoms. The first-order chi connectivity index (χ1) is 3.98. The van der Waals surface area contributed by atoms with E-state index < -0.39 is 10.2 Å². The molecule has 9 heavy (non-hydrogen) atoms. The van der Waals surface area contributed by atoms with Crippen molar-refractivity contribution in [1.29, 1.82) is 0 Å². The van der Waals surface area contributed by atoms with E-state index in [1.165, 1.54) is 7.05 Å². The van der Waals surface area contributed by atoms with Gasteiger partial charge in [-0.2, -0.15) is 12.7 Å². The highest BCUT2D eigenvalue weighted by atomic mass is 32.2. The van der Waals surface area contributed by atoms with E-state index in [-0.39, 0.29) is 13.1 Å². The summed E-state index contributed by atoms with van der Waals surface area (Å²) in [5.74, 6) is 0. The van der Waals surface area contributed by atoms with Gasteiger partial charge in [-0.25, -0.2) is 5.14 Å². The lowest BCUT2D eigenvalue weighted by Gasteiger charge is -2.10. The summed E-state index contributed by atoms with van der Waals surface area (Å²) in [6.45, 7) is 0.547. The minimum atomic E-state index is -3.51. The summed E-state index contributed by atoms with van der Waals surface area (Å²) >= 11 is 0. The summed E-state index contributed by atoms with van der Waals surface area (Å²) in [7, 11) is -2.13. The van der Waals surface area contributed by atoms with Gasteiger partial charge in [0.1, 0.15) is 0 Å².